The fourth-order valence-corrected chi connectivity index (χ4v) is 2.68. The number of amides is 2. The Kier molecular flexibility index (Phi) is 6.18. The van der Waals surface area contributed by atoms with Crippen molar-refractivity contribution in [1.82, 2.24) is 15.2 Å². The van der Waals surface area contributed by atoms with Crippen molar-refractivity contribution in [3.63, 3.8) is 0 Å². The Labute approximate surface area is 163 Å². The summed E-state index contributed by atoms with van der Waals surface area (Å²) in [5.74, 6) is 0.393. The zero-order chi connectivity index (χ0) is 19.9. The van der Waals surface area contributed by atoms with Gasteiger partial charge in [0.25, 0.3) is 5.91 Å². The highest BCUT2D eigenvalue weighted by Gasteiger charge is 2.08. The largest absolute Gasteiger partial charge is 0.444 e. The standard InChI is InChI=1S/C21H22N4O3/c1-25(2)13-20(26)24-18-5-3-4-15(10-18)11-23-21(27)17-8-6-16(7-9-17)19-12-22-14-28-19/h3-10,12,14H,11,13H2,1-2H3,(H,23,27)(H,24,26). The predicted molar refractivity (Wildman–Crippen MR) is 107 cm³/mol. The van der Waals surface area contributed by atoms with E-state index in [0.717, 1.165) is 11.1 Å². The molecule has 1 heterocycles. The molecule has 7 nitrogen and oxygen atoms in total. The summed E-state index contributed by atoms with van der Waals surface area (Å²) in [6.45, 7) is 0.672. The summed E-state index contributed by atoms with van der Waals surface area (Å²) >= 11 is 0. The zero-order valence-corrected chi connectivity index (χ0v) is 15.8. The molecule has 0 saturated carbocycles. The molecule has 2 N–H and O–H groups in total. The van der Waals surface area contributed by atoms with E-state index >= 15 is 0 Å². The number of carbonyl (C=O) groups is 2. The molecule has 0 aliphatic rings. The van der Waals surface area contributed by atoms with Crippen molar-refractivity contribution >= 4 is 17.5 Å². The van der Waals surface area contributed by atoms with Crippen molar-refractivity contribution in [2.24, 2.45) is 0 Å². The molecule has 0 saturated heterocycles. The van der Waals surface area contributed by atoms with E-state index in [0.29, 0.717) is 30.1 Å². The second-order valence-electron chi connectivity index (χ2n) is 6.61. The Hall–Kier alpha value is -3.45. The lowest BCUT2D eigenvalue weighted by Crippen LogP contribution is -2.27. The van der Waals surface area contributed by atoms with Crippen molar-refractivity contribution in [1.29, 1.82) is 0 Å². The zero-order valence-electron chi connectivity index (χ0n) is 15.8. The van der Waals surface area contributed by atoms with Gasteiger partial charge in [0.2, 0.25) is 5.91 Å². The molecule has 0 fully saturated rings. The highest BCUT2D eigenvalue weighted by molar-refractivity contribution is 5.94. The molecule has 0 aliphatic heterocycles. The normalized spacial score (nSPS) is 10.7. The van der Waals surface area contributed by atoms with Gasteiger partial charge in [-0.25, -0.2) is 4.98 Å². The third-order valence-electron chi connectivity index (χ3n) is 3.99. The monoisotopic (exact) mass is 378 g/mol. The highest BCUT2D eigenvalue weighted by atomic mass is 16.3. The molecular weight excluding hydrogens is 356 g/mol. The van der Waals surface area contributed by atoms with E-state index < -0.39 is 0 Å². The maximum atomic E-state index is 12.4. The molecule has 2 aromatic carbocycles. The quantitative estimate of drug-likeness (QED) is 0.660. The first-order valence-corrected chi connectivity index (χ1v) is 8.82. The average Bonchev–Trinajstić information content (AvgIpc) is 3.20. The van der Waals surface area contributed by atoms with Crippen LogP contribution in [0.15, 0.2) is 65.5 Å². The van der Waals surface area contributed by atoms with Gasteiger partial charge in [-0.1, -0.05) is 24.3 Å². The fourth-order valence-electron chi connectivity index (χ4n) is 2.68. The van der Waals surface area contributed by atoms with Gasteiger partial charge in [0.1, 0.15) is 0 Å². The number of likely N-dealkylation sites (N-methyl/N-ethyl adjacent to an activating group) is 1. The first-order chi connectivity index (χ1) is 13.5. The maximum Gasteiger partial charge on any atom is 0.251 e. The van der Waals surface area contributed by atoms with Gasteiger partial charge in [0, 0.05) is 23.4 Å². The van der Waals surface area contributed by atoms with Crippen LogP contribution in [-0.4, -0.2) is 42.3 Å². The second kappa shape index (κ2) is 8.96. The molecular formula is C21H22N4O3. The Morgan fingerprint density at radius 3 is 2.57 bits per heavy atom. The van der Waals surface area contributed by atoms with Gasteiger partial charge < -0.3 is 20.0 Å². The Bertz CT molecular complexity index is 935. The van der Waals surface area contributed by atoms with Crippen molar-refractivity contribution < 1.29 is 14.0 Å². The molecule has 3 aromatic rings. The van der Waals surface area contributed by atoms with Gasteiger partial charge in [-0.3, -0.25) is 9.59 Å². The van der Waals surface area contributed by atoms with Crippen LogP contribution >= 0.6 is 0 Å². The number of benzene rings is 2. The van der Waals surface area contributed by atoms with E-state index in [1.165, 1.54) is 6.39 Å². The van der Waals surface area contributed by atoms with E-state index in [9.17, 15) is 9.59 Å². The Morgan fingerprint density at radius 1 is 1.11 bits per heavy atom. The molecule has 0 atom stereocenters. The van der Waals surface area contributed by atoms with Gasteiger partial charge in [-0.15, -0.1) is 0 Å². The van der Waals surface area contributed by atoms with E-state index in [4.69, 9.17) is 4.42 Å². The lowest BCUT2D eigenvalue weighted by molar-refractivity contribution is -0.116. The molecule has 1 aromatic heterocycles. The number of aromatic nitrogens is 1. The van der Waals surface area contributed by atoms with Crippen LogP contribution < -0.4 is 10.6 Å². The molecule has 0 unspecified atom stereocenters. The van der Waals surface area contributed by atoms with Crippen LogP contribution in [0.5, 0.6) is 0 Å². The lowest BCUT2D eigenvalue weighted by atomic mass is 10.1. The van der Waals surface area contributed by atoms with Crippen LogP contribution in [0, 0.1) is 0 Å². The van der Waals surface area contributed by atoms with Gasteiger partial charge in [0.05, 0.1) is 12.7 Å². The number of carbonyl (C=O) groups excluding carboxylic acids is 2. The van der Waals surface area contributed by atoms with Crippen LogP contribution in [-0.2, 0) is 11.3 Å². The van der Waals surface area contributed by atoms with E-state index in [1.54, 1.807) is 23.2 Å². The number of anilines is 1. The molecule has 0 bridgehead atoms. The van der Waals surface area contributed by atoms with E-state index in [-0.39, 0.29) is 11.8 Å². The van der Waals surface area contributed by atoms with Crippen LogP contribution in [0.1, 0.15) is 15.9 Å². The molecule has 7 heteroatoms. The Balaban J connectivity index is 1.57. The molecule has 144 valence electrons. The summed E-state index contributed by atoms with van der Waals surface area (Å²) in [4.78, 5) is 29.9. The number of nitrogens with zero attached hydrogens (tertiary/aromatic N) is 2. The molecule has 0 aliphatic carbocycles. The van der Waals surface area contributed by atoms with Crippen LogP contribution in [0.4, 0.5) is 5.69 Å². The third-order valence-corrected chi connectivity index (χ3v) is 3.99. The third kappa shape index (κ3) is 5.28. The smallest absolute Gasteiger partial charge is 0.251 e. The van der Waals surface area contributed by atoms with Gasteiger partial charge in [0.15, 0.2) is 12.2 Å². The average molecular weight is 378 g/mol. The maximum absolute atomic E-state index is 12.4. The van der Waals surface area contributed by atoms with E-state index in [2.05, 4.69) is 15.6 Å². The molecule has 0 radical (unpaired) electrons. The molecule has 28 heavy (non-hydrogen) atoms. The summed E-state index contributed by atoms with van der Waals surface area (Å²) in [5.41, 5.74) is 3.01. The minimum absolute atomic E-state index is 0.0852. The number of hydrogen-bond donors (Lipinski definition) is 2. The van der Waals surface area contributed by atoms with Crippen LogP contribution in [0.25, 0.3) is 11.3 Å². The van der Waals surface area contributed by atoms with Crippen LogP contribution in [0.3, 0.4) is 0 Å². The Morgan fingerprint density at radius 2 is 1.89 bits per heavy atom. The van der Waals surface area contributed by atoms with Crippen molar-refractivity contribution in [3.8, 4) is 11.3 Å². The first kappa shape index (κ1) is 19.3. The SMILES string of the molecule is CN(C)CC(=O)Nc1cccc(CNC(=O)c2ccc(-c3cnco3)cc2)c1. The van der Waals surface area contributed by atoms with Gasteiger partial charge in [-0.05, 0) is 43.9 Å². The summed E-state index contributed by atoms with van der Waals surface area (Å²) in [5, 5.41) is 5.73. The minimum Gasteiger partial charge on any atom is -0.444 e. The van der Waals surface area contributed by atoms with Crippen molar-refractivity contribution in [2.45, 2.75) is 6.54 Å². The summed E-state index contributed by atoms with van der Waals surface area (Å²) < 4.78 is 5.24. The number of rotatable bonds is 7. The van der Waals surface area contributed by atoms with Crippen molar-refractivity contribution in [3.05, 3.63) is 72.2 Å². The number of oxazole rings is 1. The molecule has 3 rings (SSSR count). The minimum atomic E-state index is -0.175. The summed E-state index contributed by atoms with van der Waals surface area (Å²) in [7, 11) is 3.67. The number of hydrogen-bond acceptors (Lipinski definition) is 5. The topological polar surface area (TPSA) is 87.5 Å². The van der Waals surface area contributed by atoms with Gasteiger partial charge in [-0.2, -0.15) is 0 Å². The molecule has 0 spiro atoms. The van der Waals surface area contributed by atoms with Crippen LogP contribution in [0.2, 0.25) is 0 Å². The second-order valence-corrected chi connectivity index (χ2v) is 6.61. The molecule has 2 amide bonds. The summed E-state index contributed by atoms with van der Waals surface area (Å²) in [6.07, 6.45) is 2.99. The van der Waals surface area contributed by atoms with E-state index in [1.807, 2.05) is 50.5 Å². The number of nitrogens with one attached hydrogen (secondary N) is 2. The predicted octanol–water partition coefficient (Wildman–Crippen LogP) is 2.77. The fraction of sp³-hybridized carbons (Fsp3) is 0.190. The van der Waals surface area contributed by atoms with Crippen molar-refractivity contribution in [2.75, 3.05) is 26.0 Å². The lowest BCUT2D eigenvalue weighted by Gasteiger charge is -2.11. The summed E-state index contributed by atoms with van der Waals surface area (Å²) in [6, 6.07) is 14.5. The van der Waals surface area contributed by atoms with Gasteiger partial charge >= 0.3 is 0 Å². The first-order valence-electron chi connectivity index (χ1n) is 8.82. The highest BCUT2D eigenvalue weighted by Crippen LogP contribution is 2.19.